The molecule has 4 nitrogen and oxygen atoms in total. The molecule has 1 N–H and O–H groups in total. The van der Waals surface area contributed by atoms with E-state index in [2.05, 4.69) is 16.8 Å². The Balaban J connectivity index is 1.76. The van der Waals surface area contributed by atoms with E-state index in [1.54, 1.807) is 6.07 Å². The zero-order chi connectivity index (χ0) is 13.2. The molecular formula is C15H21N3O. The number of pyridine rings is 1. The highest BCUT2D eigenvalue weighted by molar-refractivity contribution is 5.53. The van der Waals surface area contributed by atoms with E-state index in [0.717, 1.165) is 18.7 Å². The fraction of sp³-hybridized carbons (Fsp3) is 0.533. The lowest BCUT2D eigenvalue weighted by Gasteiger charge is -2.31. The Morgan fingerprint density at radius 1 is 1.47 bits per heavy atom. The molecule has 0 saturated carbocycles. The van der Waals surface area contributed by atoms with Crippen LogP contribution in [0, 0.1) is 5.92 Å². The SMILES string of the molecule is CCN1CCCC(Cc2cn3cccc(O)c3n2)C1. The molecule has 4 heteroatoms. The van der Waals surface area contributed by atoms with E-state index in [1.165, 1.54) is 25.9 Å². The number of rotatable bonds is 3. The summed E-state index contributed by atoms with van der Waals surface area (Å²) in [7, 11) is 0. The van der Waals surface area contributed by atoms with Gasteiger partial charge in [-0.25, -0.2) is 4.98 Å². The fourth-order valence-corrected chi connectivity index (χ4v) is 3.05. The van der Waals surface area contributed by atoms with Crippen molar-refractivity contribution in [3.05, 3.63) is 30.2 Å². The van der Waals surface area contributed by atoms with Gasteiger partial charge in [0, 0.05) is 18.9 Å². The van der Waals surface area contributed by atoms with Crippen molar-refractivity contribution in [3.63, 3.8) is 0 Å². The summed E-state index contributed by atoms with van der Waals surface area (Å²) < 4.78 is 1.91. The number of aromatic nitrogens is 2. The van der Waals surface area contributed by atoms with Crippen molar-refractivity contribution in [2.24, 2.45) is 5.92 Å². The van der Waals surface area contributed by atoms with Gasteiger partial charge in [0.1, 0.15) is 0 Å². The summed E-state index contributed by atoms with van der Waals surface area (Å²) in [5.41, 5.74) is 1.75. The highest BCUT2D eigenvalue weighted by Gasteiger charge is 2.20. The van der Waals surface area contributed by atoms with Crippen LogP contribution in [0.25, 0.3) is 5.65 Å². The molecule has 2 aromatic heterocycles. The molecule has 1 fully saturated rings. The van der Waals surface area contributed by atoms with E-state index in [-0.39, 0.29) is 5.75 Å². The second-order valence-corrected chi connectivity index (χ2v) is 5.46. The summed E-state index contributed by atoms with van der Waals surface area (Å²) in [5.74, 6) is 0.952. The van der Waals surface area contributed by atoms with Crippen molar-refractivity contribution in [1.29, 1.82) is 0 Å². The fourth-order valence-electron chi connectivity index (χ4n) is 3.05. The summed E-state index contributed by atoms with van der Waals surface area (Å²) in [6.07, 6.45) is 7.57. The molecule has 102 valence electrons. The Morgan fingerprint density at radius 2 is 2.37 bits per heavy atom. The van der Waals surface area contributed by atoms with E-state index in [4.69, 9.17) is 0 Å². The van der Waals surface area contributed by atoms with Crippen LogP contribution in [0.15, 0.2) is 24.5 Å². The van der Waals surface area contributed by atoms with E-state index >= 15 is 0 Å². The van der Waals surface area contributed by atoms with Gasteiger partial charge in [0.05, 0.1) is 5.69 Å². The van der Waals surface area contributed by atoms with Gasteiger partial charge in [-0.05, 0) is 50.4 Å². The molecule has 2 aromatic rings. The first kappa shape index (κ1) is 12.5. The topological polar surface area (TPSA) is 40.8 Å². The van der Waals surface area contributed by atoms with Gasteiger partial charge in [-0.3, -0.25) is 0 Å². The zero-order valence-corrected chi connectivity index (χ0v) is 11.4. The molecule has 0 bridgehead atoms. The minimum Gasteiger partial charge on any atom is -0.504 e. The zero-order valence-electron chi connectivity index (χ0n) is 11.4. The Kier molecular flexibility index (Phi) is 3.42. The third-order valence-corrected chi connectivity index (χ3v) is 4.06. The summed E-state index contributed by atoms with van der Waals surface area (Å²) in [6, 6.07) is 3.53. The molecule has 0 spiro atoms. The van der Waals surface area contributed by atoms with Crippen LogP contribution in [-0.2, 0) is 6.42 Å². The van der Waals surface area contributed by atoms with Crippen molar-refractivity contribution in [2.75, 3.05) is 19.6 Å². The Bertz CT molecular complexity index is 564. The Hall–Kier alpha value is -1.55. The van der Waals surface area contributed by atoms with Crippen molar-refractivity contribution < 1.29 is 5.11 Å². The smallest absolute Gasteiger partial charge is 0.179 e. The number of imidazole rings is 1. The van der Waals surface area contributed by atoms with Gasteiger partial charge in [0.25, 0.3) is 0 Å². The lowest BCUT2D eigenvalue weighted by molar-refractivity contribution is 0.181. The van der Waals surface area contributed by atoms with Crippen LogP contribution >= 0.6 is 0 Å². The third-order valence-electron chi connectivity index (χ3n) is 4.06. The highest BCUT2D eigenvalue weighted by atomic mass is 16.3. The number of aromatic hydroxyl groups is 1. The molecule has 3 rings (SSSR count). The van der Waals surface area contributed by atoms with Crippen LogP contribution in [0.4, 0.5) is 0 Å². The van der Waals surface area contributed by atoms with Crippen molar-refractivity contribution >= 4 is 5.65 Å². The number of hydrogen-bond donors (Lipinski definition) is 1. The first-order valence-electron chi connectivity index (χ1n) is 7.14. The van der Waals surface area contributed by atoms with Crippen LogP contribution in [0.3, 0.4) is 0 Å². The molecule has 1 saturated heterocycles. The number of piperidine rings is 1. The lowest BCUT2D eigenvalue weighted by Crippen LogP contribution is -2.35. The molecule has 0 aromatic carbocycles. The number of hydrogen-bond acceptors (Lipinski definition) is 3. The largest absolute Gasteiger partial charge is 0.504 e. The minimum absolute atomic E-state index is 0.257. The summed E-state index contributed by atoms with van der Waals surface area (Å²) in [4.78, 5) is 7.07. The second kappa shape index (κ2) is 5.21. The van der Waals surface area contributed by atoms with Crippen LogP contribution in [0.1, 0.15) is 25.5 Å². The standard InChI is InChI=1S/C15H21N3O/c1-2-17-7-3-5-12(10-17)9-13-11-18-8-4-6-14(19)15(18)16-13/h4,6,8,11-12,19H,2-3,5,7,9-10H2,1H3. The first-order chi connectivity index (χ1) is 9.26. The van der Waals surface area contributed by atoms with Gasteiger partial charge >= 0.3 is 0 Å². The highest BCUT2D eigenvalue weighted by Crippen LogP contribution is 2.22. The number of likely N-dealkylation sites (tertiary alicyclic amines) is 1. The number of fused-ring (bicyclic) bond motifs is 1. The van der Waals surface area contributed by atoms with E-state index in [0.29, 0.717) is 11.6 Å². The maximum absolute atomic E-state index is 9.78. The maximum atomic E-state index is 9.78. The van der Waals surface area contributed by atoms with Gasteiger partial charge < -0.3 is 14.4 Å². The van der Waals surface area contributed by atoms with Crippen LogP contribution in [0.2, 0.25) is 0 Å². The van der Waals surface area contributed by atoms with Crippen molar-refractivity contribution in [2.45, 2.75) is 26.2 Å². The maximum Gasteiger partial charge on any atom is 0.179 e. The molecule has 1 aliphatic heterocycles. The van der Waals surface area contributed by atoms with Crippen LogP contribution in [-0.4, -0.2) is 39.0 Å². The molecule has 19 heavy (non-hydrogen) atoms. The predicted octanol–water partition coefficient (Wildman–Crippen LogP) is 2.31. The first-order valence-corrected chi connectivity index (χ1v) is 7.14. The molecular weight excluding hydrogens is 238 g/mol. The Morgan fingerprint density at radius 3 is 3.16 bits per heavy atom. The molecule has 0 aliphatic carbocycles. The normalized spacial score (nSPS) is 21.0. The second-order valence-electron chi connectivity index (χ2n) is 5.46. The quantitative estimate of drug-likeness (QED) is 0.919. The molecule has 3 heterocycles. The summed E-state index contributed by atoms with van der Waals surface area (Å²) in [5, 5.41) is 9.78. The third kappa shape index (κ3) is 2.59. The lowest BCUT2D eigenvalue weighted by atomic mass is 9.94. The Labute approximate surface area is 113 Å². The average molecular weight is 259 g/mol. The monoisotopic (exact) mass is 259 g/mol. The predicted molar refractivity (Wildman–Crippen MR) is 75.4 cm³/mol. The molecule has 1 aliphatic rings. The molecule has 0 radical (unpaired) electrons. The van der Waals surface area contributed by atoms with E-state index in [9.17, 15) is 5.11 Å². The van der Waals surface area contributed by atoms with Crippen molar-refractivity contribution in [3.8, 4) is 5.75 Å². The van der Waals surface area contributed by atoms with Gasteiger partial charge in [0.15, 0.2) is 11.4 Å². The van der Waals surface area contributed by atoms with Gasteiger partial charge in [-0.1, -0.05) is 6.92 Å². The van der Waals surface area contributed by atoms with Crippen LogP contribution < -0.4 is 0 Å². The number of nitrogens with zero attached hydrogens (tertiary/aromatic N) is 3. The minimum atomic E-state index is 0.257. The molecule has 1 atom stereocenters. The van der Waals surface area contributed by atoms with Crippen molar-refractivity contribution in [1.82, 2.24) is 14.3 Å². The van der Waals surface area contributed by atoms with Gasteiger partial charge in [-0.2, -0.15) is 0 Å². The van der Waals surface area contributed by atoms with Gasteiger partial charge in [-0.15, -0.1) is 0 Å². The summed E-state index contributed by atoms with van der Waals surface area (Å²) in [6.45, 7) is 5.78. The summed E-state index contributed by atoms with van der Waals surface area (Å²) >= 11 is 0. The average Bonchev–Trinajstić information content (AvgIpc) is 2.83. The molecule has 1 unspecified atom stereocenters. The van der Waals surface area contributed by atoms with Gasteiger partial charge in [0.2, 0.25) is 0 Å². The van der Waals surface area contributed by atoms with E-state index < -0.39 is 0 Å². The van der Waals surface area contributed by atoms with Crippen LogP contribution in [0.5, 0.6) is 5.75 Å². The van der Waals surface area contributed by atoms with E-state index in [1.807, 2.05) is 22.9 Å². The molecule has 0 amide bonds.